The summed E-state index contributed by atoms with van der Waals surface area (Å²) in [4.78, 5) is 14.6. The van der Waals surface area contributed by atoms with Crippen molar-refractivity contribution in [3.05, 3.63) is 71.0 Å². The molecule has 0 saturated carbocycles. The summed E-state index contributed by atoms with van der Waals surface area (Å²) >= 11 is 0. The summed E-state index contributed by atoms with van der Waals surface area (Å²) in [6, 6.07) is 13.3. The summed E-state index contributed by atoms with van der Waals surface area (Å²) in [5.41, 5.74) is 2.30. The molecule has 1 aliphatic rings. The highest BCUT2D eigenvalue weighted by atomic mass is 19.1. The maximum Gasteiger partial charge on any atom is 0.193 e. The molecular formula is C18H18FNO2. The zero-order valence-electron chi connectivity index (χ0n) is 12.3. The Kier molecular flexibility index (Phi) is 4.61. The first-order valence-corrected chi connectivity index (χ1v) is 7.42. The minimum atomic E-state index is -0.336. The van der Waals surface area contributed by atoms with Gasteiger partial charge in [-0.1, -0.05) is 24.3 Å². The molecule has 1 aliphatic heterocycles. The predicted octanol–water partition coefficient (Wildman–Crippen LogP) is 2.89. The zero-order chi connectivity index (χ0) is 15.4. The van der Waals surface area contributed by atoms with Crippen molar-refractivity contribution in [2.75, 3.05) is 26.3 Å². The van der Waals surface area contributed by atoms with E-state index in [4.69, 9.17) is 4.74 Å². The molecule has 3 rings (SSSR count). The molecule has 0 bridgehead atoms. The van der Waals surface area contributed by atoms with E-state index < -0.39 is 0 Å². The third-order valence-corrected chi connectivity index (χ3v) is 3.83. The molecule has 1 fully saturated rings. The lowest BCUT2D eigenvalue weighted by atomic mass is 10.0. The first kappa shape index (κ1) is 14.9. The highest BCUT2D eigenvalue weighted by Gasteiger charge is 2.12. The number of benzene rings is 2. The molecule has 114 valence electrons. The quantitative estimate of drug-likeness (QED) is 0.813. The first-order valence-electron chi connectivity index (χ1n) is 7.42. The van der Waals surface area contributed by atoms with Gasteiger partial charge in [0.1, 0.15) is 5.82 Å². The summed E-state index contributed by atoms with van der Waals surface area (Å²) < 4.78 is 18.2. The molecule has 0 amide bonds. The summed E-state index contributed by atoms with van der Waals surface area (Å²) in [6.45, 7) is 4.31. The van der Waals surface area contributed by atoms with Crippen molar-refractivity contribution in [1.82, 2.24) is 4.90 Å². The van der Waals surface area contributed by atoms with Gasteiger partial charge in [0.05, 0.1) is 13.2 Å². The van der Waals surface area contributed by atoms with E-state index in [-0.39, 0.29) is 11.6 Å². The van der Waals surface area contributed by atoms with Crippen LogP contribution in [0.5, 0.6) is 0 Å². The molecule has 0 unspecified atom stereocenters. The lowest BCUT2D eigenvalue weighted by Gasteiger charge is -2.26. The van der Waals surface area contributed by atoms with Crippen molar-refractivity contribution in [2.45, 2.75) is 6.54 Å². The summed E-state index contributed by atoms with van der Waals surface area (Å²) in [5.74, 6) is -0.421. The largest absolute Gasteiger partial charge is 0.379 e. The minimum absolute atomic E-state index is 0.0853. The Morgan fingerprint density at radius 2 is 1.50 bits per heavy atom. The Morgan fingerprint density at radius 1 is 0.955 bits per heavy atom. The van der Waals surface area contributed by atoms with E-state index in [9.17, 15) is 9.18 Å². The van der Waals surface area contributed by atoms with Gasteiger partial charge in [0.2, 0.25) is 0 Å². The van der Waals surface area contributed by atoms with Crippen molar-refractivity contribution in [3.8, 4) is 0 Å². The number of hydrogen-bond donors (Lipinski definition) is 0. The van der Waals surface area contributed by atoms with Crippen molar-refractivity contribution >= 4 is 5.78 Å². The van der Waals surface area contributed by atoms with Gasteiger partial charge in [0.25, 0.3) is 0 Å². The second-order valence-electron chi connectivity index (χ2n) is 5.42. The Bertz CT molecular complexity index is 631. The van der Waals surface area contributed by atoms with Crippen LogP contribution in [0.3, 0.4) is 0 Å². The van der Waals surface area contributed by atoms with Crippen LogP contribution in [0.4, 0.5) is 4.39 Å². The van der Waals surface area contributed by atoms with Crippen LogP contribution < -0.4 is 0 Å². The molecule has 3 nitrogen and oxygen atoms in total. The van der Waals surface area contributed by atoms with E-state index in [1.807, 2.05) is 24.3 Å². The minimum Gasteiger partial charge on any atom is -0.379 e. The maximum atomic E-state index is 12.9. The molecule has 1 saturated heterocycles. The van der Waals surface area contributed by atoms with Gasteiger partial charge in [-0.3, -0.25) is 9.69 Å². The fraction of sp³-hybridized carbons (Fsp3) is 0.278. The van der Waals surface area contributed by atoms with Gasteiger partial charge in [0, 0.05) is 30.8 Å². The van der Waals surface area contributed by atoms with Crippen LogP contribution in [0.2, 0.25) is 0 Å². The first-order chi connectivity index (χ1) is 10.7. The number of ether oxygens (including phenoxy) is 1. The van der Waals surface area contributed by atoms with Crippen molar-refractivity contribution in [2.24, 2.45) is 0 Å². The number of halogens is 1. The summed E-state index contributed by atoms with van der Waals surface area (Å²) in [7, 11) is 0. The van der Waals surface area contributed by atoms with Gasteiger partial charge in [0.15, 0.2) is 5.78 Å². The standard InChI is InChI=1S/C18H18FNO2/c19-17-7-5-16(6-8-17)18(21)15-3-1-14(2-4-15)13-20-9-11-22-12-10-20/h1-8H,9-13H2. The lowest BCUT2D eigenvalue weighted by molar-refractivity contribution is 0.0342. The average Bonchev–Trinajstić information content (AvgIpc) is 2.57. The summed E-state index contributed by atoms with van der Waals surface area (Å²) in [6.07, 6.45) is 0. The smallest absolute Gasteiger partial charge is 0.193 e. The van der Waals surface area contributed by atoms with Crippen LogP contribution in [-0.2, 0) is 11.3 Å². The number of carbonyl (C=O) groups is 1. The molecule has 0 aromatic heterocycles. The van der Waals surface area contributed by atoms with E-state index in [2.05, 4.69) is 4.90 Å². The molecular weight excluding hydrogens is 281 g/mol. The second-order valence-corrected chi connectivity index (χ2v) is 5.42. The Balaban J connectivity index is 1.68. The van der Waals surface area contributed by atoms with E-state index in [1.54, 1.807) is 0 Å². The number of rotatable bonds is 4. The molecule has 4 heteroatoms. The third-order valence-electron chi connectivity index (χ3n) is 3.83. The number of hydrogen-bond acceptors (Lipinski definition) is 3. The van der Waals surface area contributed by atoms with Gasteiger partial charge >= 0.3 is 0 Å². The molecule has 2 aromatic carbocycles. The molecule has 2 aromatic rings. The van der Waals surface area contributed by atoms with Crippen LogP contribution >= 0.6 is 0 Å². The Morgan fingerprint density at radius 3 is 2.09 bits per heavy atom. The van der Waals surface area contributed by atoms with Gasteiger partial charge in [-0.15, -0.1) is 0 Å². The molecule has 1 heterocycles. The van der Waals surface area contributed by atoms with Gasteiger partial charge < -0.3 is 4.74 Å². The molecule has 0 radical (unpaired) electrons. The number of nitrogens with zero attached hydrogens (tertiary/aromatic N) is 1. The van der Waals surface area contributed by atoms with Crippen LogP contribution in [-0.4, -0.2) is 37.0 Å². The van der Waals surface area contributed by atoms with Crippen molar-refractivity contribution < 1.29 is 13.9 Å². The van der Waals surface area contributed by atoms with Crippen molar-refractivity contribution in [1.29, 1.82) is 0 Å². The zero-order valence-corrected chi connectivity index (χ0v) is 12.3. The number of carbonyl (C=O) groups excluding carboxylic acids is 1. The SMILES string of the molecule is O=C(c1ccc(F)cc1)c1ccc(CN2CCOCC2)cc1. The van der Waals surface area contributed by atoms with Crippen LogP contribution in [0, 0.1) is 5.82 Å². The van der Waals surface area contributed by atoms with Crippen molar-refractivity contribution in [3.63, 3.8) is 0 Å². The predicted molar refractivity (Wildman–Crippen MR) is 82.4 cm³/mol. The molecule has 0 aliphatic carbocycles. The van der Waals surface area contributed by atoms with Gasteiger partial charge in [-0.2, -0.15) is 0 Å². The van der Waals surface area contributed by atoms with E-state index >= 15 is 0 Å². The number of ketones is 1. The number of morpholine rings is 1. The van der Waals surface area contributed by atoms with E-state index in [0.29, 0.717) is 11.1 Å². The van der Waals surface area contributed by atoms with Gasteiger partial charge in [-0.05, 0) is 29.8 Å². The fourth-order valence-corrected chi connectivity index (χ4v) is 2.55. The molecule has 0 atom stereocenters. The molecule has 0 spiro atoms. The van der Waals surface area contributed by atoms with Crippen LogP contribution in [0.15, 0.2) is 48.5 Å². The highest BCUT2D eigenvalue weighted by Crippen LogP contribution is 2.13. The lowest BCUT2D eigenvalue weighted by Crippen LogP contribution is -2.35. The topological polar surface area (TPSA) is 29.5 Å². The second kappa shape index (κ2) is 6.81. The molecule has 0 N–H and O–H groups in total. The average molecular weight is 299 g/mol. The molecule has 22 heavy (non-hydrogen) atoms. The Hall–Kier alpha value is -2.04. The van der Waals surface area contributed by atoms with Crippen LogP contribution in [0.1, 0.15) is 21.5 Å². The van der Waals surface area contributed by atoms with E-state index in [0.717, 1.165) is 32.8 Å². The highest BCUT2D eigenvalue weighted by molar-refractivity contribution is 6.08. The maximum absolute atomic E-state index is 12.9. The third kappa shape index (κ3) is 3.59. The monoisotopic (exact) mass is 299 g/mol. The van der Waals surface area contributed by atoms with Crippen LogP contribution in [0.25, 0.3) is 0 Å². The fourth-order valence-electron chi connectivity index (χ4n) is 2.55. The normalized spacial score (nSPS) is 15.7. The van der Waals surface area contributed by atoms with Gasteiger partial charge in [-0.25, -0.2) is 4.39 Å². The summed E-state index contributed by atoms with van der Waals surface area (Å²) in [5, 5.41) is 0. The van der Waals surface area contributed by atoms with E-state index in [1.165, 1.54) is 29.8 Å². The Labute approximate surface area is 129 Å².